The first-order chi connectivity index (χ1) is 24.6. The van der Waals surface area contributed by atoms with Gasteiger partial charge in [-0.05, 0) is 80.0 Å². The van der Waals surface area contributed by atoms with Crippen molar-refractivity contribution in [3.05, 3.63) is 138 Å². The number of hydrogen-bond donors (Lipinski definition) is 0. The summed E-state index contributed by atoms with van der Waals surface area (Å²) in [6, 6.07) is 41.1. The molecule has 2 nitrogen and oxygen atoms in total. The Labute approximate surface area is 336 Å². The number of benzene rings is 4. The van der Waals surface area contributed by atoms with Crippen LogP contribution in [0.1, 0.15) is 58.2 Å². The SMILES string of the molecule is CC(C)(C)Cc1cc(-c2[c-]cccc2)ncc1[Si](C)(C)C.Cc1cnc(-c2[c-]cc3sc4cccc(-c5ccccc5)c4c3c2)cc1CC(C)(C)C.[Ir]. The smallest absolute Gasteiger partial charge is 0.0798 e. The normalized spacial score (nSPS) is 12.0. The van der Waals surface area contributed by atoms with E-state index < -0.39 is 8.07 Å². The van der Waals surface area contributed by atoms with E-state index in [4.69, 9.17) is 9.97 Å². The summed E-state index contributed by atoms with van der Waals surface area (Å²) in [7, 11) is -1.37. The Balaban J connectivity index is 0.000000216. The van der Waals surface area contributed by atoms with Gasteiger partial charge in [-0.1, -0.05) is 132 Å². The second kappa shape index (κ2) is 16.3. The molecule has 0 saturated carbocycles. The third-order valence-electron chi connectivity index (χ3n) is 9.23. The summed E-state index contributed by atoms with van der Waals surface area (Å²) in [6.07, 6.45) is 6.25. The number of aromatic nitrogens is 2. The van der Waals surface area contributed by atoms with Crippen LogP contribution in [0.2, 0.25) is 19.6 Å². The minimum Gasteiger partial charge on any atom is -0.305 e. The molecule has 0 spiro atoms. The maximum atomic E-state index is 4.76. The summed E-state index contributed by atoms with van der Waals surface area (Å²) in [5, 5.41) is 4.09. The Hall–Kier alpha value is -3.73. The number of fused-ring (bicyclic) bond motifs is 3. The van der Waals surface area contributed by atoms with Gasteiger partial charge in [0.2, 0.25) is 0 Å². The monoisotopic (exact) mass is 909 g/mol. The average molecular weight is 909 g/mol. The quantitative estimate of drug-likeness (QED) is 0.123. The van der Waals surface area contributed by atoms with Crippen molar-refractivity contribution in [1.82, 2.24) is 9.97 Å². The molecule has 7 aromatic rings. The van der Waals surface area contributed by atoms with Gasteiger partial charge in [0.25, 0.3) is 0 Å². The summed E-state index contributed by atoms with van der Waals surface area (Å²) in [6.45, 7) is 23.1. The van der Waals surface area contributed by atoms with Crippen LogP contribution >= 0.6 is 11.3 Å². The predicted octanol–water partition coefficient (Wildman–Crippen LogP) is 13.2. The molecule has 3 heterocycles. The van der Waals surface area contributed by atoms with Crippen molar-refractivity contribution in [2.24, 2.45) is 10.8 Å². The van der Waals surface area contributed by atoms with E-state index in [1.807, 2.05) is 35.7 Å². The van der Waals surface area contributed by atoms with Crippen LogP contribution in [0, 0.1) is 29.9 Å². The zero-order valence-corrected chi connectivity index (χ0v) is 37.2. The van der Waals surface area contributed by atoms with Gasteiger partial charge >= 0.3 is 0 Å². The molecule has 0 aliphatic rings. The van der Waals surface area contributed by atoms with E-state index in [9.17, 15) is 0 Å². The molecular formula is C48H52IrN2SSi-2. The Morgan fingerprint density at radius 1 is 0.660 bits per heavy atom. The van der Waals surface area contributed by atoms with Crippen molar-refractivity contribution >= 4 is 44.8 Å². The molecule has 0 atom stereocenters. The maximum Gasteiger partial charge on any atom is 0.0798 e. The summed E-state index contributed by atoms with van der Waals surface area (Å²) in [4.78, 5) is 9.47. The molecule has 53 heavy (non-hydrogen) atoms. The molecule has 5 heteroatoms. The van der Waals surface area contributed by atoms with Crippen LogP contribution in [0.4, 0.5) is 0 Å². The second-order valence-corrected chi connectivity index (χ2v) is 23.6. The van der Waals surface area contributed by atoms with Crippen LogP contribution in [0.5, 0.6) is 0 Å². The van der Waals surface area contributed by atoms with Gasteiger partial charge in [0, 0.05) is 37.2 Å². The van der Waals surface area contributed by atoms with Crippen molar-refractivity contribution in [2.45, 2.75) is 80.9 Å². The second-order valence-electron chi connectivity index (χ2n) is 17.5. The predicted molar refractivity (Wildman–Crippen MR) is 229 cm³/mol. The van der Waals surface area contributed by atoms with Crippen molar-refractivity contribution in [1.29, 1.82) is 0 Å². The van der Waals surface area contributed by atoms with Crippen LogP contribution in [-0.4, -0.2) is 18.0 Å². The van der Waals surface area contributed by atoms with Crippen LogP contribution in [0.25, 0.3) is 53.8 Å². The summed E-state index contributed by atoms with van der Waals surface area (Å²) in [5.41, 5.74) is 11.3. The first kappa shape index (κ1) is 40.5. The van der Waals surface area contributed by atoms with Crippen LogP contribution in [0.3, 0.4) is 0 Å². The minimum absolute atomic E-state index is 0. The Bertz CT molecular complexity index is 2310. The molecule has 3 aromatic heterocycles. The molecule has 7 rings (SSSR count). The molecule has 0 saturated heterocycles. The zero-order valence-electron chi connectivity index (χ0n) is 32.9. The van der Waals surface area contributed by atoms with Crippen molar-refractivity contribution in [3.63, 3.8) is 0 Å². The van der Waals surface area contributed by atoms with E-state index in [0.29, 0.717) is 0 Å². The zero-order chi connectivity index (χ0) is 37.3. The van der Waals surface area contributed by atoms with Gasteiger partial charge in [-0.15, -0.1) is 59.7 Å². The fourth-order valence-corrected chi connectivity index (χ4v) is 9.51. The van der Waals surface area contributed by atoms with E-state index in [0.717, 1.165) is 35.4 Å². The Kier molecular flexibility index (Phi) is 12.5. The van der Waals surface area contributed by atoms with Gasteiger partial charge in [-0.25, -0.2) is 0 Å². The topological polar surface area (TPSA) is 25.8 Å². The average Bonchev–Trinajstić information content (AvgIpc) is 3.47. The van der Waals surface area contributed by atoms with E-state index in [2.05, 4.69) is 165 Å². The fourth-order valence-electron chi connectivity index (χ4n) is 6.84. The standard InChI is InChI=1S/C29H26NS.C19H26NSi.Ir/c1-19-18-30-25(16-22(19)17-29(2,3)4)21-13-14-26-24(15-21)28-23(11-8-12-27(28)31-26)20-9-6-5-7-10-20;1-19(2,3)13-16-12-17(15-10-8-7-9-11-15)20-14-18(16)21(4,5)6;/h5-12,14-16,18H,17H2,1-4H3;7-10,12,14H,13H2,1-6H3;/q2*-1;. The van der Waals surface area contributed by atoms with Crippen LogP contribution in [-0.2, 0) is 32.9 Å². The van der Waals surface area contributed by atoms with Gasteiger partial charge in [0.15, 0.2) is 0 Å². The molecule has 0 unspecified atom stereocenters. The third-order valence-corrected chi connectivity index (χ3v) is 12.4. The summed E-state index contributed by atoms with van der Waals surface area (Å²) < 4.78 is 2.58. The molecular weight excluding hydrogens is 857 g/mol. The molecule has 0 aliphatic carbocycles. The minimum atomic E-state index is -1.37. The number of rotatable bonds is 6. The largest absolute Gasteiger partial charge is 0.305 e. The molecule has 0 amide bonds. The van der Waals surface area contributed by atoms with Gasteiger partial charge in [-0.3, -0.25) is 0 Å². The van der Waals surface area contributed by atoms with E-state index in [1.165, 1.54) is 53.2 Å². The van der Waals surface area contributed by atoms with E-state index in [-0.39, 0.29) is 30.9 Å². The summed E-state index contributed by atoms with van der Waals surface area (Å²) >= 11 is 1.84. The maximum absolute atomic E-state index is 4.76. The number of nitrogens with zero attached hydrogens (tertiary/aromatic N) is 2. The molecule has 0 N–H and O–H groups in total. The van der Waals surface area contributed by atoms with Crippen molar-refractivity contribution in [3.8, 4) is 33.6 Å². The van der Waals surface area contributed by atoms with Gasteiger partial charge in [0.05, 0.1) is 8.07 Å². The van der Waals surface area contributed by atoms with Gasteiger partial charge in [-0.2, -0.15) is 11.3 Å². The number of thiophene rings is 1. The van der Waals surface area contributed by atoms with E-state index in [1.54, 1.807) is 0 Å². The van der Waals surface area contributed by atoms with Gasteiger partial charge in [0.1, 0.15) is 0 Å². The van der Waals surface area contributed by atoms with E-state index >= 15 is 0 Å². The van der Waals surface area contributed by atoms with Gasteiger partial charge < -0.3 is 9.97 Å². The summed E-state index contributed by atoms with van der Waals surface area (Å²) in [5.74, 6) is 0. The van der Waals surface area contributed by atoms with Crippen molar-refractivity contribution in [2.75, 3.05) is 0 Å². The first-order valence-electron chi connectivity index (χ1n) is 18.4. The number of aryl methyl sites for hydroxylation is 1. The van der Waals surface area contributed by atoms with Crippen LogP contribution in [0.15, 0.2) is 109 Å². The Morgan fingerprint density at radius 3 is 1.96 bits per heavy atom. The Morgan fingerprint density at radius 2 is 1.30 bits per heavy atom. The molecule has 0 aliphatic heterocycles. The first-order valence-corrected chi connectivity index (χ1v) is 22.7. The number of pyridine rings is 2. The molecule has 4 aromatic carbocycles. The molecule has 1 radical (unpaired) electrons. The third kappa shape index (κ3) is 10.1. The molecule has 0 fully saturated rings. The fraction of sp³-hybridized carbons (Fsp3) is 0.292. The van der Waals surface area contributed by atoms with Crippen LogP contribution < -0.4 is 5.19 Å². The molecule has 0 bridgehead atoms. The molecule has 275 valence electrons. The number of hydrogen-bond acceptors (Lipinski definition) is 3. The van der Waals surface area contributed by atoms with Crippen molar-refractivity contribution < 1.29 is 20.1 Å².